The smallest absolute Gasteiger partial charge is 0.251 e. The van der Waals surface area contributed by atoms with Gasteiger partial charge in [0, 0.05) is 18.7 Å². The van der Waals surface area contributed by atoms with E-state index in [1.807, 2.05) is 24.3 Å². The summed E-state index contributed by atoms with van der Waals surface area (Å²) in [6.45, 7) is 0.889. The molecule has 1 heterocycles. The summed E-state index contributed by atoms with van der Waals surface area (Å²) in [4.78, 5) is 16.7. The Balaban J connectivity index is 1.55. The Bertz CT molecular complexity index is 1050. The summed E-state index contributed by atoms with van der Waals surface area (Å²) in [6.07, 6.45) is 1.02. The summed E-state index contributed by atoms with van der Waals surface area (Å²) < 4.78 is 26.1. The highest BCUT2D eigenvalue weighted by molar-refractivity contribution is 7.92. The van der Waals surface area contributed by atoms with Gasteiger partial charge in [-0.15, -0.1) is 0 Å². The zero-order valence-corrected chi connectivity index (χ0v) is 16.7. The molecule has 3 rings (SSSR count). The quantitative estimate of drug-likeness (QED) is 0.506. The summed E-state index contributed by atoms with van der Waals surface area (Å²) in [5, 5.41) is 6.95. The number of rotatable bonds is 7. The number of sulfonamides is 1. The predicted molar refractivity (Wildman–Crippen MR) is 110 cm³/mol. The highest BCUT2D eigenvalue weighted by Crippen LogP contribution is 2.25. The van der Waals surface area contributed by atoms with Crippen LogP contribution in [-0.4, -0.2) is 38.7 Å². The van der Waals surface area contributed by atoms with Gasteiger partial charge in [-0.1, -0.05) is 35.1 Å². The Morgan fingerprint density at radius 2 is 1.96 bits per heavy atom. The monoisotopic (exact) mass is 424 g/mol. The lowest BCUT2D eigenvalue weighted by atomic mass is 10.2. The van der Waals surface area contributed by atoms with Gasteiger partial charge in [0.1, 0.15) is 0 Å². The number of benzene rings is 2. The third kappa shape index (κ3) is 5.31. The van der Waals surface area contributed by atoms with Gasteiger partial charge in [0.15, 0.2) is 5.13 Å². The van der Waals surface area contributed by atoms with Gasteiger partial charge < -0.3 is 10.6 Å². The molecule has 0 aliphatic rings. The topological polar surface area (TPSA) is 100 Å². The second-order valence-electron chi connectivity index (χ2n) is 5.74. The lowest BCUT2D eigenvalue weighted by molar-refractivity contribution is 0.0955. The number of hydrogen-bond acceptors (Lipinski definition) is 6. The van der Waals surface area contributed by atoms with E-state index in [9.17, 15) is 13.2 Å². The number of aromatic nitrogens is 1. The van der Waals surface area contributed by atoms with Crippen LogP contribution >= 0.6 is 22.9 Å². The zero-order chi connectivity index (χ0) is 19.4. The second-order valence-corrected chi connectivity index (χ2v) is 8.92. The third-order valence-corrected chi connectivity index (χ3v) is 5.42. The molecular formula is C17H17ClN4O3S2. The number of nitrogens with one attached hydrogen (secondary N) is 3. The molecule has 2 aromatic carbocycles. The normalized spacial score (nSPS) is 11.3. The lowest BCUT2D eigenvalue weighted by Gasteiger charge is -2.10. The van der Waals surface area contributed by atoms with Crippen LogP contribution in [0.4, 0.5) is 10.8 Å². The molecule has 0 aliphatic heterocycles. The van der Waals surface area contributed by atoms with E-state index in [1.165, 1.54) is 18.2 Å². The number of nitrogens with zero attached hydrogens (tertiary/aromatic N) is 1. The molecule has 0 bridgehead atoms. The van der Waals surface area contributed by atoms with E-state index in [2.05, 4.69) is 20.3 Å². The fraction of sp³-hybridized carbons (Fsp3) is 0.176. The van der Waals surface area contributed by atoms with E-state index in [4.69, 9.17) is 11.6 Å². The molecule has 27 heavy (non-hydrogen) atoms. The van der Waals surface area contributed by atoms with E-state index in [0.29, 0.717) is 18.7 Å². The molecule has 0 aliphatic carbocycles. The van der Waals surface area contributed by atoms with Gasteiger partial charge in [0.05, 0.1) is 27.2 Å². The molecule has 142 valence electrons. The van der Waals surface area contributed by atoms with E-state index >= 15 is 0 Å². The van der Waals surface area contributed by atoms with Crippen molar-refractivity contribution in [3.05, 3.63) is 53.1 Å². The first kappa shape index (κ1) is 19.4. The molecule has 3 N–H and O–H groups in total. The van der Waals surface area contributed by atoms with E-state index in [1.54, 1.807) is 11.3 Å². The van der Waals surface area contributed by atoms with Gasteiger partial charge in [0.2, 0.25) is 10.0 Å². The van der Waals surface area contributed by atoms with Crippen molar-refractivity contribution in [3.8, 4) is 0 Å². The molecule has 10 heteroatoms. The van der Waals surface area contributed by atoms with Gasteiger partial charge in [-0.05, 0) is 30.3 Å². The number of carbonyl (C=O) groups excluding carboxylic acids is 1. The van der Waals surface area contributed by atoms with Crippen LogP contribution in [0.25, 0.3) is 10.2 Å². The summed E-state index contributed by atoms with van der Waals surface area (Å²) in [5.41, 5.74) is 1.41. The first-order valence-corrected chi connectivity index (χ1v) is 11.1. The van der Waals surface area contributed by atoms with Crippen LogP contribution in [0.15, 0.2) is 42.5 Å². The Labute approximate surface area is 165 Å². The van der Waals surface area contributed by atoms with Crippen molar-refractivity contribution < 1.29 is 13.2 Å². The summed E-state index contributed by atoms with van der Waals surface area (Å²) in [5.74, 6) is -0.325. The van der Waals surface area contributed by atoms with Crippen molar-refractivity contribution in [1.29, 1.82) is 0 Å². The third-order valence-electron chi connectivity index (χ3n) is 3.50. The van der Waals surface area contributed by atoms with Crippen molar-refractivity contribution in [1.82, 2.24) is 10.3 Å². The minimum absolute atomic E-state index is 0.166. The van der Waals surface area contributed by atoms with Crippen LogP contribution in [0.3, 0.4) is 0 Å². The average molecular weight is 425 g/mol. The summed E-state index contributed by atoms with van der Waals surface area (Å²) in [7, 11) is -3.49. The Kier molecular flexibility index (Phi) is 5.83. The highest BCUT2D eigenvalue weighted by atomic mass is 35.5. The van der Waals surface area contributed by atoms with Crippen LogP contribution in [0.5, 0.6) is 0 Å². The minimum Gasteiger partial charge on any atom is -0.360 e. The van der Waals surface area contributed by atoms with Crippen LogP contribution < -0.4 is 15.4 Å². The molecule has 0 fully saturated rings. The van der Waals surface area contributed by atoms with Crippen LogP contribution in [-0.2, 0) is 10.0 Å². The standard InChI is InChI=1S/C17H17ClN4O3S2/c1-27(24,25)22-14-10-11(6-7-12(14)18)16(23)19-8-9-20-17-21-13-4-2-3-5-15(13)26-17/h2-7,10,22H,8-9H2,1H3,(H,19,23)(H,20,21). The molecule has 0 saturated heterocycles. The minimum atomic E-state index is -3.49. The van der Waals surface area contributed by atoms with Gasteiger partial charge in [0.25, 0.3) is 5.91 Å². The number of thiazole rings is 1. The molecule has 0 atom stereocenters. The largest absolute Gasteiger partial charge is 0.360 e. The molecule has 0 spiro atoms. The van der Waals surface area contributed by atoms with Gasteiger partial charge >= 0.3 is 0 Å². The molecule has 1 amide bonds. The fourth-order valence-electron chi connectivity index (χ4n) is 2.34. The molecular weight excluding hydrogens is 408 g/mol. The number of fused-ring (bicyclic) bond motifs is 1. The van der Waals surface area contributed by atoms with Crippen molar-refractivity contribution in [2.24, 2.45) is 0 Å². The maximum atomic E-state index is 12.3. The number of anilines is 2. The number of carbonyl (C=O) groups is 1. The number of halogens is 1. The first-order valence-electron chi connectivity index (χ1n) is 7.97. The fourth-order valence-corrected chi connectivity index (χ4v) is 4.02. The molecule has 3 aromatic rings. The lowest BCUT2D eigenvalue weighted by Crippen LogP contribution is -2.28. The highest BCUT2D eigenvalue weighted by Gasteiger charge is 2.11. The second kappa shape index (κ2) is 8.12. The SMILES string of the molecule is CS(=O)(=O)Nc1cc(C(=O)NCCNc2nc3ccccc3s2)ccc1Cl. The Morgan fingerprint density at radius 3 is 2.70 bits per heavy atom. The number of para-hydroxylation sites is 1. The van der Waals surface area contributed by atoms with E-state index in [0.717, 1.165) is 21.6 Å². The average Bonchev–Trinajstić information content (AvgIpc) is 3.02. The molecule has 0 saturated carbocycles. The maximum Gasteiger partial charge on any atom is 0.251 e. The van der Waals surface area contributed by atoms with E-state index in [-0.39, 0.29) is 16.6 Å². The van der Waals surface area contributed by atoms with Crippen molar-refractivity contribution in [2.45, 2.75) is 0 Å². The molecule has 0 radical (unpaired) electrons. The number of amides is 1. The summed E-state index contributed by atoms with van der Waals surface area (Å²) >= 11 is 7.51. The summed E-state index contributed by atoms with van der Waals surface area (Å²) in [6, 6.07) is 12.3. The van der Waals surface area contributed by atoms with E-state index < -0.39 is 10.0 Å². The van der Waals surface area contributed by atoms with Gasteiger partial charge in [-0.3, -0.25) is 9.52 Å². The van der Waals surface area contributed by atoms with Crippen LogP contribution in [0.1, 0.15) is 10.4 Å². The predicted octanol–water partition coefficient (Wildman–Crippen LogP) is 3.16. The Hall–Kier alpha value is -2.36. The van der Waals surface area contributed by atoms with Crippen molar-refractivity contribution >= 4 is 59.9 Å². The van der Waals surface area contributed by atoms with Crippen LogP contribution in [0.2, 0.25) is 5.02 Å². The van der Waals surface area contributed by atoms with Crippen molar-refractivity contribution in [3.63, 3.8) is 0 Å². The van der Waals surface area contributed by atoms with Crippen molar-refractivity contribution in [2.75, 3.05) is 29.4 Å². The molecule has 0 unspecified atom stereocenters. The maximum absolute atomic E-state index is 12.3. The first-order chi connectivity index (χ1) is 12.8. The van der Waals surface area contributed by atoms with Crippen LogP contribution in [0, 0.1) is 0 Å². The Morgan fingerprint density at radius 1 is 1.19 bits per heavy atom. The molecule has 7 nitrogen and oxygen atoms in total. The van der Waals surface area contributed by atoms with Gasteiger partial charge in [-0.2, -0.15) is 0 Å². The zero-order valence-electron chi connectivity index (χ0n) is 14.3. The van der Waals surface area contributed by atoms with Gasteiger partial charge in [-0.25, -0.2) is 13.4 Å². The molecule has 1 aromatic heterocycles. The number of hydrogen-bond donors (Lipinski definition) is 3.